The second-order valence-electron chi connectivity index (χ2n) is 3.27. The molecule has 0 bridgehead atoms. The predicted molar refractivity (Wildman–Crippen MR) is 39.2 cm³/mol. The van der Waals surface area contributed by atoms with E-state index in [2.05, 4.69) is 0 Å². The first-order valence-electron chi connectivity index (χ1n) is 3.84. The SMILES string of the molecule is C[C@]1(C(=O)O)CCCCC1=O. The highest BCUT2D eigenvalue weighted by Crippen LogP contribution is 2.32. The van der Waals surface area contributed by atoms with Crippen molar-refractivity contribution in [1.82, 2.24) is 0 Å². The number of carbonyl (C=O) groups is 2. The van der Waals surface area contributed by atoms with Crippen molar-refractivity contribution in [3.63, 3.8) is 0 Å². The Balaban J connectivity index is 2.81. The van der Waals surface area contributed by atoms with Gasteiger partial charge in [0.2, 0.25) is 0 Å². The van der Waals surface area contributed by atoms with Crippen molar-refractivity contribution in [2.75, 3.05) is 0 Å². The van der Waals surface area contributed by atoms with Gasteiger partial charge in [0, 0.05) is 6.42 Å². The summed E-state index contributed by atoms with van der Waals surface area (Å²) in [5, 5.41) is 8.75. The number of carboxylic acids is 1. The van der Waals surface area contributed by atoms with Gasteiger partial charge in [-0.15, -0.1) is 0 Å². The van der Waals surface area contributed by atoms with Crippen molar-refractivity contribution in [2.24, 2.45) is 5.41 Å². The minimum atomic E-state index is -1.09. The summed E-state index contributed by atoms with van der Waals surface area (Å²) in [6, 6.07) is 0. The topological polar surface area (TPSA) is 54.4 Å². The van der Waals surface area contributed by atoms with Gasteiger partial charge in [-0.1, -0.05) is 6.42 Å². The molecule has 1 fully saturated rings. The van der Waals surface area contributed by atoms with Crippen molar-refractivity contribution >= 4 is 11.8 Å². The summed E-state index contributed by atoms with van der Waals surface area (Å²) in [5.74, 6) is -1.08. The highest BCUT2D eigenvalue weighted by atomic mass is 16.4. The molecule has 0 saturated heterocycles. The zero-order chi connectivity index (χ0) is 8.48. The monoisotopic (exact) mass is 156 g/mol. The molecular weight excluding hydrogens is 144 g/mol. The van der Waals surface area contributed by atoms with E-state index in [4.69, 9.17) is 5.11 Å². The molecule has 1 atom stereocenters. The van der Waals surface area contributed by atoms with E-state index in [1.807, 2.05) is 0 Å². The van der Waals surface area contributed by atoms with Gasteiger partial charge in [-0.2, -0.15) is 0 Å². The summed E-state index contributed by atoms with van der Waals surface area (Å²) in [5.41, 5.74) is -1.09. The van der Waals surface area contributed by atoms with Gasteiger partial charge in [0.25, 0.3) is 0 Å². The molecule has 1 aliphatic rings. The van der Waals surface area contributed by atoms with Crippen LogP contribution in [0.1, 0.15) is 32.6 Å². The van der Waals surface area contributed by atoms with E-state index in [0.29, 0.717) is 12.8 Å². The van der Waals surface area contributed by atoms with Crippen LogP contribution in [-0.2, 0) is 9.59 Å². The zero-order valence-electron chi connectivity index (χ0n) is 6.59. The number of hydrogen-bond acceptors (Lipinski definition) is 2. The lowest BCUT2D eigenvalue weighted by Gasteiger charge is -2.26. The number of hydrogen-bond donors (Lipinski definition) is 1. The lowest BCUT2D eigenvalue weighted by molar-refractivity contribution is -0.155. The lowest BCUT2D eigenvalue weighted by atomic mass is 9.75. The average Bonchev–Trinajstić information content (AvgIpc) is 1.95. The Morgan fingerprint density at radius 1 is 1.55 bits per heavy atom. The van der Waals surface area contributed by atoms with E-state index >= 15 is 0 Å². The van der Waals surface area contributed by atoms with E-state index in [9.17, 15) is 9.59 Å². The van der Waals surface area contributed by atoms with Gasteiger partial charge in [-0.3, -0.25) is 9.59 Å². The van der Waals surface area contributed by atoms with Gasteiger partial charge >= 0.3 is 5.97 Å². The largest absolute Gasteiger partial charge is 0.481 e. The summed E-state index contributed by atoms with van der Waals surface area (Å²) in [4.78, 5) is 21.8. The number of ketones is 1. The molecule has 0 unspecified atom stereocenters. The number of Topliss-reactive ketones (excluding diaryl/α,β-unsaturated/α-hetero) is 1. The minimum absolute atomic E-state index is 0.115. The highest BCUT2D eigenvalue weighted by Gasteiger charge is 2.41. The van der Waals surface area contributed by atoms with Gasteiger partial charge < -0.3 is 5.11 Å². The summed E-state index contributed by atoms with van der Waals surface area (Å²) in [7, 11) is 0. The molecule has 11 heavy (non-hydrogen) atoms. The van der Waals surface area contributed by atoms with E-state index in [-0.39, 0.29) is 5.78 Å². The Hall–Kier alpha value is -0.860. The van der Waals surface area contributed by atoms with Gasteiger partial charge in [0.1, 0.15) is 11.2 Å². The Morgan fingerprint density at radius 2 is 2.18 bits per heavy atom. The van der Waals surface area contributed by atoms with E-state index in [1.165, 1.54) is 6.92 Å². The quantitative estimate of drug-likeness (QED) is 0.581. The van der Waals surface area contributed by atoms with Crippen LogP contribution in [0.4, 0.5) is 0 Å². The normalized spacial score (nSPS) is 31.9. The molecule has 0 heterocycles. The average molecular weight is 156 g/mol. The van der Waals surface area contributed by atoms with Crippen molar-refractivity contribution < 1.29 is 14.7 Å². The molecule has 1 N–H and O–H groups in total. The number of carboxylic acid groups (broad SMARTS) is 1. The van der Waals surface area contributed by atoms with E-state index in [0.717, 1.165) is 12.8 Å². The Labute approximate surface area is 65.4 Å². The fraction of sp³-hybridized carbons (Fsp3) is 0.750. The van der Waals surface area contributed by atoms with Crippen molar-refractivity contribution in [3.05, 3.63) is 0 Å². The maximum Gasteiger partial charge on any atom is 0.316 e. The molecule has 1 aliphatic carbocycles. The molecule has 0 aromatic heterocycles. The van der Waals surface area contributed by atoms with Crippen LogP contribution in [0.5, 0.6) is 0 Å². The fourth-order valence-corrected chi connectivity index (χ4v) is 1.41. The molecule has 0 spiro atoms. The van der Waals surface area contributed by atoms with Crippen LogP contribution in [0.3, 0.4) is 0 Å². The van der Waals surface area contributed by atoms with Gasteiger partial charge in [0.05, 0.1) is 0 Å². The van der Waals surface area contributed by atoms with Gasteiger partial charge in [0.15, 0.2) is 0 Å². The van der Waals surface area contributed by atoms with Crippen LogP contribution in [0.15, 0.2) is 0 Å². The van der Waals surface area contributed by atoms with Crippen LogP contribution < -0.4 is 0 Å². The molecule has 62 valence electrons. The zero-order valence-corrected chi connectivity index (χ0v) is 6.59. The molecule has 0 radical (unpaired) electrons. The van der Waals surface area contributed by atoms with Crippen molar-refractivity contribution in [2.45, 2.75) is 32.6 Å². The molecular formula is C8H12O3. The molecule has 0 aromatic carbocycles. The number of carbonyl (C=O) groups excluding carboxylic acids is 1. The molecule has 0 aromatic rings. The molecule has 1 saturated carbocycles. The molecule has 3 heteroatoms. The minimum Gasteiger partial charge on any atom is -0.481 e. The van der Waals surface area contributed by atoms with Crippen LogP contribution in [0, 0.1) is 5.41 Å². The molecule has 1 rings (SSSR count). The summed E-state index contributed by atoms with van der Waals surface area (Å²) >= 11 is 0. The third-order valence-electron chi connectivity index (χ3n) is 2.42. The van der Waals surface area contributed by atoms with Crippen LogP contribution in [0.25, 0.3) is 0 Å². The number of aliphatic carboxylic acids is 1. The lowest BCUT2D eigenvalue weighted by Crippen LogP contribution is -2.38. The standard InChI is InChI=1S/C8H12O3/c1-8(7(10)11)5-3-2-4-6(8)9/h2-5H2,1H3,(H,10,11)/t8-/m0/s1. The first-order chi connectivity index (χ1) is 5.07. The second kappa shape index (κ2) is 2.64. The Kier molecular flexibility index (Phi) is 1.98. The first kappa shape index (κ1) is 8.24. The molecule has 0 aliphatic heterocycles. The Morgan fingerprint density at radius 3 is 2.55 bits per heavy atom. The predicted octanol–water partition coefficient (Wildman–Crippen LogP) is 1.22. The van der Waals surface area contributed by atoms with E-state index < -0.39 is 11.4 Å². The Bertz CT molecular complexity index is 198. The number of rotatable bonds is 1. The van der Waals surface area contributed by atoms with Gasteiger partial charge in [-0.05, 0) is 19.8 Å². The van der Waals surface area contributed by atoms with Crippen LogP contribution >= 0.6 is 0 Å². The maximum absolute atomic E-state index is 11.2. The van der Waals surface area contributed by atoms with Crippen LogP contribution in [0.2, 0.25) is 0 Å². The first-order valence-corrected chi connectivity index (χ1v) is 3.84. The maximum atomic E-state index is 11.2. The molecule has 0 amide bonds. The fourth-order valence-electron chi connectivity index (χ4n) is 1.41. The van der Waals surface area contributed by atoms with E-state index in [1.54, 1.807) is 0 Å². The van der Waals surface area contributed by atoms with Crippen molar-refractivity contribution in [1.29, 1.82) is 0 Å². The highest BCUT2D eigenvalue weighted by molar-refractivity contribution is 6.03. The molecule has 3 nitrogen and oxygen atoms in total. The third kappa shape index (κ3) is 1.27. The van der Waals surface area contributed by atoms with Gasteiger partial charge in [-0.25, -0.2) is 0 Å². The summed E-state index contributed by atoms with van der Waals surface area (Å²) < 4.78 is 0. The second-order valence-corrected chi connectivity index (χ2v) is 3.27. The smallest absolute Gasteiger partial charge is 0.316 e. The third-order valence-corrected chi connectivity index (χ3v) is 2.42. The summed E-state index contributed by atoms with van der Waals surface area (Å²) in [6.45, 7) is 1.52. The van der Waals surface area contributed by atoms with Crippen LogP contribution in [-0.4, -0.2) is 16.9 Å². The van der Waals surface area contributed by atoms with Crippen molar-refractivity contribution in [3.8, 4) is 0 Å². The summed E-state index contributed by atoms with van der Waals surface area (Å²) in [6.07, 6.45) is 2.64.